The summed E-state index contributed by atoms with van der Waals surface area (Å²) in [6.07, 6.45) is 1.16. The van der Waals surface area contributed by atoms with E-state index in [-0.39, 0.29) is 5.91 Å². The summed E-state index contributed by atoms with van der Waals surface area (Å²) >= 11 is 1.65. The normalized spacial score (nSPS) is 22.1. The molecule has 4 heterocycles. The van der Waals surface area contributed by atoms with Crippen LogP contribution in [0.25, 0.3) is 10.2 Å². The molecule has 0 bridgehead atoms. The number of ether oxygens (including phenoxy) is 2. The lowest BCUT2D eigenvalue weighted by molar-refractivity contribution is -0.148. The maximum atomic E-state index is 12.7. The second kappa shape index (κ2) is 6.62. The number of carbonyl (C=O) groups is 1. The van der Waals surface area contributed by atoms with Gasteiger partial charge in [-0.3, -0.25) is 4.79 Å². The smallest absolute Gasteiger partial charge is 0.253 e. The Labute approximate surface area is 144 Å². The fraction of sp³-hybridized carbons (Fsp3) is 0.562. The number of morpholine rings is 2. The van der Waals surface area contributed by atoms with Crippen molar-refractivity contribution in [2.75, 3.05) is 50.9 Å². The van der Waals surface area contributed by atoms with Gasteiger partial charge in [0.25, 0.3) is 5.91 Å². The molecule has 2 aliphatic heterocycles. The average molecular weight is 348 g/mol. The van der Waals surface area contributed by atoms with Gasteiger partial charge < -0.3 is 19.3 Å². The van der Waals surface area contributed by atoms with Gasteiger partial charge in [0.05, 0.1) is 36.6 Å². The quantitative estimate of drug-likeness (QED) is 0.809. The molecule has 2 fully saturated rings. The third-order valence-corrected chi connectivity index (χ3v) is 5.56. The first kappa shape index (κ1) is 15.7. The van der Waals surface area contributed by atoms with Crippen molar-refractivity contribution in [3.63, 3.8) is 0 Å². The third-order valence-electron chi connectivity index (χ3n) is 4.48. The Kier molecular flexibility index (Phi) is 4.34. The average Bonchev–Trinajstić information content (AvgIpc) is 3.03. The molecule has 2 saturated heterocycles. The lowest BCUT2D eigenvalue weighted by atomic mass is 10.2. The molecule has 2 aromatic heterocycles. The Balaban J connectivity index is 1.54. The van der Waals surface area contributed by atoms with Gasteiger partial charge in [0.15, 0.2) is 6.10 Å². The summed E-state index contributed by atoms with van der Waals surface area (Å²) in [7, 11) is 0. The van der Waals surface area contributed by atoms with Crippen molar-refractivity contribution in [1.29, 1.82) is 0 Å². The van der Waals surface area contributed by atoms with Crippen LogP contribution in [0.5, 0.6) is 0 Å². The zero-order chi connectivity index (χ0) is 16.5. The van der Waals surface area contributed by atoms with Crippen molar-refractivity contribution >= 4 is 33.3 Å². The van der Waals surface area contributed by atoms with E-state index >= 15 is 0 Å². The van der Waals surface area contributed by atoms with E-state index in [9.17, 15) is 4.79 Å². The summed E-state index contributed by atoms with van der Waals surface area (Å²) in [5.41, 5.74) is 2.15. The molecule has 8 heteroatoms. The Morgan fingerprint density at radius 2 is 2.08 bits per heavy atom. The molecule has 4 rings (SSSR count). The van der Waals surface area contributed by atoms with Crippen LogP contribution in [0.3, 0.4) is 0 Å². The van der Waals surface area contributed by atoms with Gasteiger partial charge in [-0.05, 0) is 17.9 Å². The van der Waals surface area contributed by atoms with Crippen molar-refractivity contribution in [2.24, 2.45) is 0 Å². The van der Waals surface area contributed by atoms with Gasteiger partial charge in [-0.1, -0.05) is 0 Å². The summed E-state index contributed by atoms with van der Waals surface area (Å²) in [6, 6.07) is 0. The summed E-state index contributed by atoms with van der Waals surface area (Å²) < 4.78 is 12.1. The summed E-state index contributed by atoms with van der Waals surface area (Å²) in [4.78, 5) is 25.5. The van der Waals surface area contributed by atoms with Gasteiger partial charge >= 0.3 is 0 Å². The minimum Gasteiger partial charge on any atom is -0.378 e. The van der Waals surface area contributed by atoms with E-state index in [1.807, 2.05) is 4.90 Å². The molecule has 24 heavy (non-hydrogen) atoms. The van der Waals surface area contributed by atoms with Crippen LogP contribution in [-0.2, 0) is 14.3 Å². The van der Waals surface area contributed by atoms with Crippen LogP contribution in [0, 0.1) is 6.92 Å². The molecule has 0 saturated carbocycles. The highest BCUT2D eigenvalue weighted by Gasteiger charge is 2.32. The topological polar surface area (TPSA) is 67.8 Å². The highest BCUT2D eigenvalue weighted by molar-refractivity contribution is 7.18. The van der Waals surface area contributed by atoms with Gasteiger partial charge in [-0.2, -0.15) is 0 Å². The molecule has 1 atom stereocenters. The molecule has 7 nitrogen and oxygen atoms in total. The van der Waals surface area contributed by atoms with E-state index in [2.05, 4.69) is 27.2 Å². The summed E-state index contributed by atoms with van der Waals surface area (Å²) in [5, 5.41) is 2.10. The van der Waals surface area contributed by atoms with Crippen molar-refractivity contribution in [3.8, 4) is 0 Å². The van der Waals surface area contributed by atoms with Crippen LogP contribution in [0.15, 0.2) is 11.7 Å². The first-order chi connectivity index (χ1) is 11.7. The van der Waals surface area contributed by atoms with Gasteiger partial charge in [0, 0.05) is 19.6 Å². The molecule has 1 unspecified atom stereocenters. The van der Waals surface area contributed by atoms with E-state index in [1.54, 1.807) is 17.7 Å². The molecule has 2 aliphatic rings. The highest BCUT2D eigenvalue weighted by atomic mass is 32.1. The summed E-state index contributed by atoms with van der Waals surface area (Å²) in [6.45, 7) is 6.32. The second-order valence-corrected chi connectivity index (χ2v) is 6.92. The number of amides is 1. The van der Waals surface area contributed by atoms with E-state index in [4.69, 9.17) is 9.47 Å². The SMILES string of the molecule is Cc1csc2c(N3CCOC(C(=O)N4CCOCC4)C3)ncnc12. The number of thiophene rings is 1. The van der Waals surface area contributed by atoms with E-state index in [0.29, 0.717) is 39.5 Å². The van der Waals surface area contributed by atoms with Crippen molar-refractivity contribution in [1.82, 2.24) is 14.9 Å². The third kappa shape index (κ3) is 2.85. The molecule has 0 N–H and O–H groups in total. The zero-order valence-corrected chi connectivity index (χ0v) is 14.4. The largest absolute Gasteiger partial charge is 0.378 e. The molecule has 0 aromatic carbocycles. The number of nitrogens with zero attached hydrogens (tertiary/aromatic N) is 4. The van der Waals surface area contributed by atoms with Crippen molar-refractivity contribution in [2.45, 2.75) is 13.0 Å². The molecular formula is C16H20N4O3S. The fourth-order valence-electron chi connectivity index (χ4n) is 3.16. The van der Waals surface area contributed by atoms with Crippen LogP contribution in [0.4, 0.5) is 5.82 Å². The molecule has 1 amide bonds. The summed E-state index contributed by atoms with van der Waals surface area (Å²) in [5.74, 6) is 0.955. The Morgan fingerprint density at radius 1 is 1.25 bits per heavy atom. The number of aromatic nitrogens is 2. The van der Waals surface area contributed by atoms with Crippen LogP contribution in [0.2, 0.25) is 0 Å². The standard InChI is InChI=1S/C16H20N4O3S/c1-11-9-24-14-13(11)17-10-18-15(14)20-4-7-23-12(8-20)16(21)19-2-5-22-6-3-19/h9-10,12H,2-8H2,1H3. The number of rotatable bonds is 2. The Bertz CT molecular complexity index is 744. The van der Waals surface area contributed by atoms with Crippen molar-refractivity contribution < 1.29 is 14.3 Å². The monoisotopic (exact) mass is 348 g/mol. The Morgan fingerprint density at radius 3 is 2.92 bits per heavy atom. The second-order valence-electron chi connectivity index (χ2n) is 6.04. The first-order valence-corrected chi connectivity index (χ1v) is 9.04. The predicted octanol–water partition coefficient (Wildman–Crippen LogP) is 1.06. The van der Waals surface area contributed by atoms with Crippen LogP contribution in [0.1, 0.15) is 5.56 Å². The molecule has 0 spiro atoms. The van der Waals surface area contributed by atoms with Gasteiger partial charge in [0.2, 0.25) is 0 Å². The van der Waals surface area contributed by atoms with Crippen LogP contribution in [-0.4, -0.2) is 72.9 Å². The first-order valence-electron chi connectivity index (χ1n) is 8.16. The van der Waals surface area contributed by atoms with Crippen molar-refractivity contribution in [3.05, 3.63) is 17.3 Å². The molecule has 0 radical (unpaired) electrons. The maximum Gasteiger partial charge on any atom is 0.253 e. The number of anilines is 1. The van der Waals surface area contributed by atoms with E-state index in [1.165, 1.54) is 0 Å². The number of aryl methyl sites for hydroxylation is 1. The van der Waals surface area contributed by atoms with E-state index in [0.717, 1.165) is 28.1 Å². The van der Waals surface area contributed by atoms with Gasteiger partial charge in [0.1, 0.15) is 12.1 Å². The zero-order valence-electron chi connectivity index (χ0n) is 13.6. The van der Waals surface area contributed by atoms with Gasteiger partial charge in [-0.15, -0.1) is 11.3 Å². The number of hydrogen-bond donors (Lipinski definition) is 0. The van der Waals surface area contributed by atoms with Gasteiger partial charge in [-0.25, -0.2) is 9.97 Å². The Hall–Kier alpha value is -1.77. The molecule has 0 aliphatic carbocycles. The minimum absolute atomic E-state index is 0.0515. The molecular weight excluding hydrogens is 328 g/mol. The van der Waals surface area contributed by atoms with E-state index < -0.39 is 6.10 Å². The maximum absolute atomic E-state index is 12.7. The molecule has 128 valence electrons. The number of carbonyl (C=O) groups excluding carboxylic acids is 1. The van der Waals surface area contributed by atoms with Crippen LogP contribution >= 0.6 is 11.3 Å². The minimum atomic E-state index is -0.442. The van der Waals surface area contributed by atoms with Crippen LogP contribution < -0.4 is 4.90 Å². The highest BCUT2D eigenvalue weighted by Crippen LogP contribution is 2.31. The number of fused-ring (bicyclic) bond motifs is 1. The fourth-order valence-corrected chi connectivity index (χ4v) is 4.18. The predicted molar refractivity (Wildman–Crippen MR) is 91.5 cm³/mol. The lowest BCUT2D eigenvalue weighted by Gasteiger charge is -2.36. The lowest BCUT2D eigenvalue weighted by Crippen LogP contribution is -2.53. The number of hydrogen-bond acceptors (Lipinski definition) is 7. The molecule has 2 aromatic rings.